The summed E-state index contributed by atoms with van der Waals surface area (Å²) in [5, 5.41) is 8.79. The molecule has 0 aliphatic heterocycles. The molecule has 3 N–H and O–H groups in total. The molecule has 3 rings (SSSR count). The molecule has 0 fully saturated rings. The van der Waals surface area contributed by atoms with Gasteiger partial charge < -0.3 is 25.1 Å². The molecule has 0 saturated heterocycles. The van der Waals surface area contributed by atoms with Crippen molar-refractivity contribution >= 4 is 17.5 Å². The van der Waals surface area contributed by atoms with Crippen LogP contribution >= 0.6 is 0 Å². The van der Waals surface area contributed by atoms with Crippen molar-refractivity contribution in [3.05, 3.63) is 83.8 Å². The molecular formula is C23H25N3O4. The lowest BCUT2D eigenvalue weighted by Crippen LogP contribution is -2.32. The van der Waals surface area contributed by atoms with E-state index in [1.54, 1.807) is 49.8 Å². The first kappa shape index (κ1) is 21.0. The highest BCUT2D eigenvalue weighted by atomic mass is 16.5. The maximum Gasteiger partial charge on any atom is 0.253 e. The molecular weight excluding hydrogens is 382 g/mol. The van der Waals surface area contributed by atoms with E-state index in [0.717, 1.165) is 11.3 Å². The number of benzene rings is 2. The first-order chi connectivity index (χ1) is 14.6. The Morgan fingerprint density at radius 1 is 1.03 bits per heavy atom. The van der Waals surface area contributed by atoms with Crippen LogP contribution in [0.25, 0.3) is 0 Å². The second-order valence-corrected chi connectivity index (χ2v) is 6.69. The zero-order valence-electron chi connectivity index (χ0n) is 17.0. The molecule has 2 aromatic carbocycles. The van der Waals surface area contributed by atoms with E-state index in [0.29, 0.717) is 17.0 Å². The van der Waals surface area contributed by atoms with Crippen LogP contribution in [0.2, 0.25) is 0 Å². The van der Waals surface area contributed by atoms with Crippen molar-refractivity contribution in [3.8, 4) is 5.75 Å². The zero-order chi connectivity index (χ0) is 21.3. The minimum Gasteiger partial charge on any atom is -0.496 e. The molecule has 2 amide bonds. The molecule has 0 bridgehead atoms. The number of carbonyl (C=O) groups excluding carboxylic acids is 2. The number of hydrogen-bond donors (Lipinski definition) is 3. The first-order valence-corrected chi connectivity index (χ1v) is 9.64. The SMILES string of the molecule is COc1ccccc1C(C)NC(=O)CNc1ccccc1C(=O)NCc1ccco1. The van der Waals surface area contributed by atoms with Crippen molar-refractivity contribution < 1.29 is 18.7 Å². The van der Waals surface area contributed by atoms with Gasteiger partial charge in [0.15, 0.2) is 0 Å². The summed E-state index contributed by atoms with van der Waals surface area (Å²) in [6.45, 7) is 2.21. The highest BCUT2D eigenvalue weighted by Crippen LogP contribution is 2.24. The average molecular weight is 407 g/mol. The number of methoxy groups -OCH3 is 1. The van der Waals surface area contributed by atoms with Gasteiger partial charge in [-0.05, 0) is 37.3 Å². The highest BCUT2D eigenvalue weighted by Gasteiger charge is 2.15. The number of anilines is 1. The quantitative estimate of drug-likeness (QED) is 0.505. The van der Waals surface area contributed by atoms with Crippen molar-refractivity contribution in [2.45, 2.75) is 19.5 Å². The van der Waals surface area contributed by atoms with E-state index in [-0.39, 0.29) is 30.9 Å². The van der Waals surface area contributed by atoms with Crippen molar-refractivity contribution in [2.24, 2.45) is 0 Å². The predicted octanol–water partition coefficient (Wildman–Crippen LogP) is 3.51. The maximum absolute atomic E-state index is 12.5. The topological polar surface area (TPSA) is 92.6 Å². The van der Waals surface area contributed by atoms with Gasteiger partial charge in [-0.25, -0.2) is 0 Å². The van der Waals surface area contributed by atoms with Gasteiger partial charge in [0.05, 0.1) is 38.1 Å². The van der Waals surface area contributed by atoms with Crippen LogP contribution in [0, 0.1) is 0 Å². The van der Waals surface area contributed by atoms with Crippen LogP contribution in [0.5, 0.6) is 5.75 Å². The second kappa shape index (κ2) is 10.2. The normalized spacial score (nSPS) is 11.4. The van der Waals surface area contributed by atoms with Gasteiger partial charge in [0.1, 0.15) is 11.5 Å². The summed E-state index contributed by atoms with van der Waals surface area (Å²) in [7, 11) is 1.60. The smallest absolute Gasteiger partial charge is 0.253 e. The van der Waals surface area contributed by atoms with E-state index < -0.39 is 0 Å². The molecule has 1 heterocycles. The van der Waals surface area contributed by atoms with Crippen LogP contribution in [0.1, 0.15) is 34.6 Å². The summed E-state index contributed by atoms with van der Waals surface area (Å²) in [6.07, 6.45) is 1.56. The van der Waals surface area contributed by atoms with Gasteiger partial charge >= 0.3 is 0 Å². The number of nitrogens with one attached hydrogen (secondary N) is 3. The fraction of sp³-hybridized carbons (Fsp3) is 0.217. The van der Waals surface area contributed by atoms with Gasteiger partial charge in [0.25, 0.3) is 5.91 Å². The number of hydrogen-bond acceptors (Lipinski definition) is 5. The molecule has 0 aliphatic carbocycles. The van der Waals surface area contributed by atoms with Gasteiger partial charge in [0, 0.05) is 11.3 Å². The maximum atomic E-state index is 12.5. The van der Waals surface area contributed by atoms with Gasteiger partial charge in [-0.3, -0.25) is 9.59 Å². The molecule has 30 heavy (non-hydrogen) atoms. The number of carbonyl (C=O) groups is 2. The number of ether oxygens (including phenoxy) is 1. The Balaban J connectivity index is 1.57. The number of rotatable bonds is 9. The van der Waals surface area contributed by atoms with Gasteiger partial charge in [-0.15, -0.1) is 0 Å². The molecule has 1 atom stereocenters. The summed E-state index contributed by atoms with van der Waals surface area (Å²) in [4.78, 5) is 25.0. The van der Waals surface area contributed by atoms with Crippen molar-refractivity contribution in [1.29, 1.82) is 0 Å². The molecule has 7 heteroatoms. The molecule has 0 aliphatic rings. The Labute approximate surface area is 175 Å². The second-order valence-electron chi connectivity index (χ2n) is 6.69. The van der Waals surface area contributed by atoms with E-state index >= 15 is 0 Å². The monoisotopic (exact) mass is 407 g/mol. The Hall–Kier alpha value is -3.74. The van der Waals surface area contributed by atoms with Crippen molar-refractivity contribution in [1.82, 2.24) is 10.6 Å². The molecule has 7 nitrogen and oxygen atoms in total. The number of para-hydroxylation sites is 2. The van der Waals surface area contributed by atoms with Crippen molar-refractivity contribution in [3.63, 3.8) is 0 Å². The molecule has 1 unspecified atom stereocenters. The fourth-order valence-electron chi connectivity index (χ4n) is 3.08. The van der Waals surface area contributed by atoms with Crippen LogP contribution in [-0.2, 0) is 11.3 Å². The molecule has 3 aromatic rings. The largest absolute Gasteiger partial charge is 0.496 e. The molecule has 0 spiro atoms. The van der Waals surface area contributed by atoms with E-state index in [9.17, 15) is 9.59 Å². The third-order valence-electron chi connectivity index (χ3n) is 4.60. The third-order valence-corrected chi connectivity index (χ3v) is 4.60. The molecule has 0 saturated carbocycles. The summed E-state index contributed by atoms with van der Waals surface area (Å²) in [5.74, 6) is 0.937. The van der Waals surface area contributed by atoms with Gasteiger partial charge in [0.2, 0.25) is 5.91 Å². The summed E-state index contributed by atoms with van der Waals surface area (Å²) >= 11 is 0. The number of furan rings is 1. The first-order valence-electron chi connectivity index (χ1n) is 9.64. The average Bonchev–Trinajstić information content (AvgIpc) is 3.30. The van der Waals surface area contributed by atoms with E-state index in [2.05, 4.69) is 16.0 Å². The Morgan fingerprint density at radius 2 is 1.80 bits per heavy atom. The summed E-state index contributed by atoms with van der Waals surface area (Å²) < 4.78 is 10.6. The lowest BCUT2D eigenvalue weighted by atomic mass is 10.1. The fourth-order valence-corrected chi connectivity index (χ4v) is 3.08. The van der Waals surface area contributed by atoms with E-state index in [4.69, 9.17) is 9.15 Å². The predicted molar refractivity (Wildman–Crippen MR) is 114 cm³/mol. The van der Waals surface area contributed by atoms with Crippen molar-refractivity contribution in [2.75, 3.05) is 19.0 Å². The lowest BCUT2D eigenvalue weighted by Gasteiger charge is -2.18. The van der Waals surface area contributed by atoms with Crippen LogP contribution in [0.4, 0.5) is 5.69 Å². The lowest BCUT2D eigenvalue weighted by molar-refractivity contribution is -0.120. The van der Waals surface area contributed by atoms with Gasteiger partial charge in [-0.2, -0.15) is 0 Å². The van der Waals surface area contributed by atoms with Gasteiger partial charge in [-0.1, -0.05) is 30.3 Å². The van der Waals surface area contributed by atoms with Crippen LogP contribution in [0.15, 0.2) is 71.3 Å². The van der Waals surface area contributed by atoms with Crippen LogP contribution in [-0.4, -0.2) is 25.5 Å². The van der Waals surface area contributed by atoms with Crippen LogP contribution < -0.4 is 20.7 Å². The Morgan fingerprint density at radius 3 is 2.57 bits per heavy atom. The minimum atomic E-state index is -0.253. The zero-order valence-corrected chi connectivity index (χ0v) is 17.0. The Kier molecular flexibility index (Phi) is 7.10. The standard InChI is InChI=1S/C23H25N3O4/c1-16(18-9-4-6-12-21(18)29-2)26-22(27)15-24-20-11-5-3-10-19(20)23(28)25-14-17-8-7-13-30-17/h3-13,16,24H,14-15H2,1-2H3,(H,25,28)(H,26,27). The summed E-state index contributed by atoms with van der Waals surface area (Å²) in [5.41, 5.74) is 1.93. The minimum absolute atomic E-state index is 0.0297. The Bertz CT molecular complexity index is 986. The highest BCUT2D eigenvalue weighted by molar-refractivity contribution is 6.00. The van der Waals surface area contributed by atoms with Crippen LogP contribution in [0.3, 0.4) is 0 Å². The van der Waals surface area contributed by atoms with E-state index in [1.807, 2.05) is 31.2 Å². The summed E-state index contributed by atoms with van der Waals surface area (Å²) in [6, 6.07) is 17.9. The third kappa shape index (κ3) is 5.41. The molecule has 156 valence electrons. The number of amides is 2. The molecule has 1 aromatic heterocycles. The molecule has 0 radical (unpaired) electrons. The van der Waals surface area contributed by atoms with E-state index in [1.165, 1.54) is 0 Å².